The number of para-hydroxylation sites is 2. The number of nitrogens with two attached hydrogens (primary N) is 1. The summed E-state index contributed by atoms with van der Waals surface area (Å²) in [7, 11) is -13.4. The number of fused-ring (bicyclic) bond motifs is 4. The van der Waals surface area contributed by atoms with Crippen molar-refractivity contribution in [3.05, 3.63) is 342 Å². The third-order valence-corrected chi connectivity index (χ3v) is 30.5. The molecule has 4 fully saturated rings. The maximum absolute atomic E-state index is 14.7. The molecule has 27 nitrogen and oxygen atoms in total. The molecule has 0 radical (unpaired) electrons. The summed E-state index contributed by atoms with van der Waals surface area (Å²) in [5.74, 6) is -3.04. The first-order valence-electron chi connectivity index (χ1n) is 41.8. The summed E-state index contributed by atoms with van der Waals surface area (Å²) < 4.78 is 131. The van der Waals surface area contributed by atoms with E-state index in [0.29, 0.717) is 130 Å². The van der Waals surface area contributed by atoms with Crippen LogP contribution in [-0.2, 0) is 40.1 Å². The molecule has 0 unspecified atom stereocenters. The lowest BCUT2D eigenvalue weighted by Crippen LogP contribution is -2.25. The highest BCUT2D eigenvalue weighted by Crippen LogP contribution is 2.38. The highest BCUT2D eigenvalue weighted by atomic mass is 35.5. The van der Waals surface area contributed by atoms with Gasteiger partial charge in [-0.1, -0.05) is 83.9 Å². The number of carbonyl (C=O) groups is 4. The van der Waals surface area contributed by atoms with E-state index < -0.39 is 63.5 Å². The van der Waals surface area contributed by atoms with E-state index in [1.54, 1.807) is 128 Å². The van der Waals surface area contributed by atoms with Crippen LogP contribution in [0, 0.1) is 11.6 Å². The molecule has 4 aliphatic heterocycles. The normalized spacial score (nSPS) is 15.0. The maximum Gasteiger partial charge on any atom is 0.258 e. The Hall–Kier alpha value is -14.7. The Morgan fingerprint density at radius 1 is 0.338 bits per heavy atom. The molecule has 4 saturated heterocycles. The van der Waals surface area contributed by atoms with E-state index in [4.69, 9.17) is 28.9 Å². The van der Waals surface area contributed by atoms with Crippen molar-refractivity contribution in [3.8, 4) is 44.9 Å². The number of hydrogen-bond acceptors (Lipinski definition) is 19. The lowest BCUT2D eigenvalue weighted by Gasteiger charge is -2.17. The molecule has 0 atom stereocenters. The number of nitrogens with one attached hydrogen (secondary N) is 4. The quantitative estimate of drug-likeness (QED) is 0.0561. The van der Waals surface area contributed by atoms with E-state index in [1.807, 2.05) is 133 Å². The molecule has 0 spiro atoms. The number of benzene rings is 11. The molecule has 0 saturated carbocycles. The van der Waals surface area contributed by atoms with Crippen molar-refractivity contribution in [1.82, 2.24) is 29.9 Å². The molecule has 9 heterocycles. The van der Waals surface area contributed by atoms with Crippen LogP contribution in [0.15, 0.2) is 298 Å². The van der Waals surface area contributed by atoms with Gasteiger partial charge in [-0.2, -0.15) is 0 Å². The Morgan fingerprint density at radius 2 is 0.782 bits per heavy atom. The van der Waals surface area contributed by atoms with Gasteiger partial charge in [0, 0.05) is 112 Å². The minimum absolute atomic E-state index is 0.0375. The second-order valence-electron chi connectivity index (χ2n) is 31.3. The van der Waals surface area contributed by atoms with Gasteiger partial charge in [0.1, 0.15) is 11.6 Å². The Balaban J connectivity index is 0.000000124. The molecule has 5 aromatic heterocycles. The number of halogens is 4. The number of aromatic nitrogens is 6. The van der Waals surface area contributed by atoms with Gasteiger partial charge >= 0.3 is 0 Å². The van der Waals surface area contributed by atoms with Crippen molar-refractivity contribution >= 4 is 182 Å². The number of nitrogen functional groups attached to an aromatic ring is 1. The first kappa shape index (κ1) is 90.2. The average molecular weight is 1900 g/mol. The van der Waals surface area contributed by atoms with Crippen LogP contribution in [-0.4, -0.2) is 136 Å². The molecule has 133 heavy (non-hydrogen) atoms. The Kier molecular flexibility index (Phi) is 26.0. The minimum Gasteiger partial charge on any atom is -0.398 e. The third-order valence-electron chi connectivity index (χ3n) is 22.3. The predicted octanol–water partition coefficient (Wildman–Crippen LogP) is 18.7. The number of anilines is 9. The minimum atomic E-state index is -3.43. The van der Waals surface area contributed by atoms with Crippen LogP contribution < -0.4 is 44.2 Å². The molecule has 4 aliphatic rings. The summed E-state index contributed by atoms with van der Waals surface area (Å²) in [6, 6.07) is 77.8. The number of nitrogens with zero attached hydrogens (tertiary/aromatic N) is 10. The van der Waals surface area contributed by atoms with Gasteiger partial charge in [-0.05, 0) is 255 Å². The molecule has 11 aromatic carbocycles. The van der Waals surface area contributed by atoms with Gasteiger partial charge in [0.25, 0.3) is 23.6 Å². The van der Waals surface area contributed by atoms with Crippen molar-refractivity contribution in [2.45, 2.75) is 25.7 Å². The Bertz CT molecular complexity index is 7570. The van der Waals surface area contributed by atoms with Crippen molar-refractivity contribution < 1.29 is 61.6 Å². The lowest BCUT2D eigenvalue weighted by molar-refractivity contribution is 0.101. The van der Waals surface area contributed by atoms with Crippen molar-refractivity contribution in [1.29, 1.82) is 0 Å². The lowest BCUT2D eigenvalue weighted by atomic mass is 10.00. The molecular weight excluding hydrogens is 1820 g/mol. The Morgan fingerprint density at radius 3 is 1.30 bits per heavy atom. The summed E-state index contributed by atoms with van der Waals surface area (Å²) in [5.41, 5.74) is 20.9. The maximum atomic E-state index is 14.7. The number of sulfonamides is 4. The Labute approximate surface area is 773 Å². The molecule has 0 bridgehead atoms. The zero-order valence-electron chi connectivity index (χ0n) is 70.4. The van der Waals surface area contributed by atoms with E-state index in [2.05, 4.69) is 51.2 Å². The van der Waals surface area contributed by atoms with E-state index in [-0.39, 0.29) is 57.3 Å². The molecule has 4 amide bonds. The van der Waals surface area contributed by atoms with E-state index >= 15 is 0 Å². The van der Waals surface area contributed by atoms with E-state index in [9.17, 15) is 61.6 Å². The van der Waals surface area contributed by atoms with Crippen LogP contribution >= 0.6 is 23.2 Å². The van der Waals surface area contributed by atoms with Crippen LogP contribution in [0.3, 0.4) is 0 Å². The average Bonchev–Trinajstić information content (AvgIpc) is 1.70. The van der Waals surface area contributed by atoms with Crippen LogP contribution in [0.25, 0.3) is 88.6 Å². The zero-order valence-corrected chi connectivity index (χ0v) is 75.1. The first-order chi connectivity index (χ1) is 64.0. The summed E-state index contributed by atoms with van der Waals surface area (Å²) in [5, 5.41) is 14.9. The van der Waals surface area contributed by atoms with Crippen molar-refractivity contribution in [2.24, 2.45) is 0 Å². The summed E-state index contributed by atoms with van der Waals surface area (Å²) in [4.78, 5) is 77.7. The number of carbonyl (C=O) groups excluding carboxylic acids is 4. The number of hydrogen-bond donors (Lipinski definition) is 5. The number of pyridine rings is 4. The second-order valence-corrected chi connectivity index (χ2v) is 40.2. The van der Waals surface area contributed by atoms with E-state index in [0.717, 1.165) is 83.8 Å². The highest BCUT2D eigenvalue weighted by Gasteiger charge is 2.33. The van der Waals surface area contributed by atoms with Gasteiger partial charge in [0.2, 0.25) is 40.1 Å². The number of rotatable bonds is 16. The standard InChI is InChI=1S/C26H22ClN3O3S.C24H19ClN4O3S.2C24H19FN4O3S/c27-23-16-20(14-19-5-2-7-24(28)25(19)23)18-4-1-6-21(15-18)29-26(31)17-8-10-22(11-9-17)30-12-3-13-34(30,32)33;25-20-11-8-17(14-19(20)23-15-26-21-4-1-2-5-22(21)28-23)27-24(30)16-6-9-18(10-7-16)29-12-3-13-33(29,31)32;25-20-15-18(29-12-3-13-33(29,31)32)7-8-19(20)24(30)27-17-5-1-4-16(14-17)21-9-10-22-23(28-21)6-2-11-26-22;25-21-14-19(29-11-2-12-33(29,31)32)6-7-20(21)24(30)27-18-4-1-3-16(13-18)22-8-5-17-15-26-10-9-23(17)28-22/h1-2,4-11,14-16H,3,12-13,28H2,(H,29,31);2*1-2,4-11,14-15H,3,12-13H2,(H,27,30);1,3-10,13-15H,2,11-12H2,(H,27,30). The molecular formula is C98H79Cl2F2N15O12S4. The van der Waals surface area contributed by atoms with E-state index in [1.165, 1.54) is 41.5 Å². The van der Waals surface area contributed by atoms with Crippen LogP contribution in [0.2, 0.25) is 10.0 Å². The third kappa shape index (κ3) is 20.4. The fourth-order valence-electron chi connectivity index (χ4n) is 15.8. The smallest absolute Gasteiger partial charge is 0.258 e. The summed E-state index contributed by atoms with van der Waals surface area (Å²) in [6.45, 7) is 1.53. The SMILES string of the molecule is Nc1cccc2cc(-c3cccc(NC(=O)c4ccc(N5CCCS5(=O)=O)cc4)c3)cc(Cl)c12.O=C(Nc1ccc(Cl)c(-c2cnc3ccccc3n2)c1)c1ccc(N2CCCS2(=O)=O)cc1.O=C(Nc1cccc(-c2ccc3cnccc3n2)c1)c1ccc(N2CCCS2(=O)=O)cc1F.O=C(Nc1cccc(-c2ccc3ncccc3n2)c1)c1ccc(N2CCCS2(=O)=O)cc1F. The summed E-state index contributed by atoms with van der Waals surface area (Å²) in [6.07, 6.45) is 8.96. The first-order valence-corrected chi connectivity index (χ1v) is 49.0. The zero-order chi connectivity index (χ0) is 92.9. The van der Waals surface area contributed by atoms with Gasteiger partial charge < -0.3 is 27.0 Å². The van der Waals surface area contributed by atoms with Gasteiger partial charge in [0.05, 0.1) is 118 Å². The molecule has 16 aromatic rings. The molecule has 20 rings (SSSR count). The second kappa shape index (κ2) is 38.4. The van der Waals surface area contributed by atoms with Crippen molar-refractivity contribution in [2.75, 3.05) is 93.4 Å². The fourth-order valence-corrected chi connectivity index (χ4v) is 22.5. The molecule has 0 aliphatic carbocycles. The molecule has 6 N–H and O–H groups in total. The molecule has 670 valence electrons. The predicted molar refractivity (Wildman–Crippen MR) is 519 cm³/mol. The van der Waals surface area contributed by atoms with Crippen molar-refractivity contribution in [3.63, 3.8) is 0 Å². The monoisotopic (exact) mass is 1890 g/mol. The van der Waals surface area contributed by atoms with Gasteiger partial charge in [0.15, 0.2) is 0 Å². The highest BCUT2D eigenvalue weighted by molar-refractivity contribution is 7.94. The van der Waals surface area contributed by atoms with Gasteiger partial charge in [-0.25, -0.2) is 57.4 Å². The van der Waals surface area contributed by atoms with Crippen LogP contribution in [0.4, 0.5) is 60.0 Å². The van der Waals surface area contributed by atoms with Crippen LogP contribution in [0.5, 0.6) is 0 Å². The van der Waals surface area contributed by atoms with Crippen LogP contribution in [0.1, 0.15) is 67.1 Å². The molecule has 35 heteroatoms. The summed E-state index contributed by atoms with van der Waals surface area (Å²) >= 11 is 12.9. The fraction of sp³-hybridized carbons (Fsp3) is 0.122. The van der Waals surface area contributed by atoms with Gasteiger partial charge in [-0.15, -0.1) is 0 Å². The topological polar surface area (TPSA) is 369 Å². The van der Waals surface area contributed by atoms with Gasteiger partial charge in [-0.3, -0.25) is 51.4 Å². The number of amides is 4. The largest absolute Gasteiger partial charge is 0.398 e.